The van der Waals surface area contributed by atoms with Crippen molar-refractivity contribution in [2.45, 2.75) is 39.7 Å². The summed E-state index contributed by atoms with van der Waals surface area (Å²) in [6, 6.07) is 6.25. The molecule has 200 valence electrons. The van der Waals surface area contributed by atoms with E-state index < -0.39 is 15.4 Å². The van der Waals surface area contributed by atoms with E-state index in [1.807, 2.05) is 20.8 Å². The van der Waals surface area contributed by atoms with E-state index in [0.29, 0.717) is 29.0 Å². The van der Waals surface area contributed by atoms with Crippen LogP contribution < -0.4 is 14.4 Å². The van der Waals surface area contributed by atoms with Gasteiger partial charge in [0.2, 0.25) is 10.0 Å². The Morgan fingerprint density at radius 3 is 2.41 bits per heavy atom. The van der Waals surface area contributed by atoms with Gasteiger partial charge in [-0.05, 0) is 42.2 Å². The molecule has 2 aromatic rings. The largest absolute Gasteiger partial charge is 0.505 e. The van der Waals surface area contributed by atoms with Crippen LogP contribution >= 0.6 is 0 Å². The molecule has 0 unspecified atom stereocenters. The van der Waals surface area contributed by atoms with Crippen LogP contribution in [0.2, 0.25) is 0 Å². The number of nitrogens with one attached hydrogen (secondary N) is 2. The third-order valence-corrected chi connectivity index (χ3v) is 7.49. The minimum atomic E-state index is -3.70. The van der Waals surface area contributed by atoms with Crippen molar-refractivity contribution in [2.75, 3.05) is 37.8 Å². The van der Waals surface area contributed by atoms with Gasteiger partial charge in [-0.25, -0.2) is 8.42 Å². The fourth-order valence-corrected chi connectivity index (χ4v) is 4.68. The zero-order valence-electron chi connectivity index (χ0n) is 22.2. The van der Waals surface area contributed by atoms with Gasteiger partial charge in [0.25, 0.3) is 5.91 Å². The number of phenolic OH excluding ortho intramolecular Hbond substituents is 1. The molecule has 0 aliphatic carbocycles. The van der Waals surface area contributed by atoms with Crippen molar-refractivity contribution < 1.29 is 27.9 Å². The van der Waals surface area contributed by atoms with Crippen LogP contribution in [0.15, 0.2) is 24.3 Å². The first-order valence-electron chi connectivity index (χ1n) is 11.8. The van der Waals surface area contributed by atoms with Crippen molar-refractivity contribution in [3.05, 3.63) is 52.1 Å². The summed E-state index contributed by atoms with van der Waals surface area (Å²) < 4.78 is 31.0. The highest BCUT2D eigenvalue weighted by atomic mass is 32.2. The van der Waals surface area contributed by atoms with Crippen LogP contribution in [0, 0.1) is 5.41 Å². The number of phenols is 1. The van der Waals surface area contributed by atoms with Crippen molar-refractivity contribution in [2.24, 2.45) is 0 Å². The number of anilines is 1. The molecule has 0 saturated carbocycles. The number of ether oxygens (including phenoxy) is 1. The van der Waals surface area contributed by atoms with Crippen molar-refractivity contribution in [3.63, 3.8) is 0 Å². The summed E-state index contributed by atoms with van der Waals surface area (Å²) >= 11 is 0. The number of carbonyl (C=O) groups excluding carboxylic acids is 2. The second-order valence-corrected chi connectivity index (χ2v) is 12.0. The summed E-state index contributed by atoms with van der Waals surface area (Å²) in [5, 5.41) is 22.1. The minimum absolute atomic E-state index is 0.00892. The number of sulfonamides is 1. The Labute approximate surface area is 217 Å². The summed E-state index contributed by atoms with van der Waals surface area (Å²) in [4.78, 5) is 27.4. The van der Waals surface area contributed by atoms with E-state index in [9.17, 15) is 23.1 Å². The van der Waals surface area contributed by atoms with Gasteiger partial charge in [0.1, 0.15) is 17.3 Å². The quantitative estimate of drug-likeness (QED) is 0.446. The van der Waals surface area contributed by atoms with Crippen LogP contribution in [0.4, 0.5) is 5.69 Å². The third-order valence-electron chi connectivity index (χ3n) is 6.30. The highest BCUT2D eigenvalue weighted by Gasteiger charge is 2.31. The van der Waals surface area contributed by atoms with Gasteiger partial charge in [-0.3, -0.25) is 19.3 Å². The number of rotatable bonds is 8. The van der Waals surface area contributed by atoms with E-state index in [0.717, 1.165) is 16.1 Å². The zero-order valence-corrected chi connectivity index (χ0v) is 23.0. The Morgan fingerprint density at radius 2 is 1.86 bits per heavy atom. The Morgan fingerprint density at radius 1 is 1.22 bits per heavy atom. The first-order chi connectivity index (χ1) is 17.1. The van der Waals surface area contributed by atoms with Crippen LogP contribution in [0.1, 0.15) is 65.1 Å². The first-order valence-corrected chi connectivity index (χ1v) is 13.6. The number of hydrogen-bond donors (Lipinski definition) is 3. The Balaban J connectivity index is 1.98. The number of benzene rings is 2. The lowest BCUT2D eigenvalue weighted by atomic mass is 9.84. The molecular weight excluding hydrogens is 496 g/mol. The smallest absolute Gasteiger partial charge is 0.254 e. The van der Waals surface area contributed by atoms with Crippen molar-refractivity contribution in [3.8, 4) is 11.5 Å². The Hall–Kier alpha value is -3.60. The molecule has 11 heteroatoms. The third kappa shape index (κ3) is 5.56. The van der Waals surface area contributed by atoms with Gasteiger partial charge in [-0.1, -0.05) is 20.8 Å². The van der Waals surface area contributed by atoms with Crippen LogP contribution in [0.5, 0.6) is 11.5 Å². The number of fused-ring (bicyclic) bond motifs is 1. The van der Waals surface area contributed by atoms with E-state index in [1.165, 1.54) is 20.2 Å². The number of Topliss-reactive ketones (excluding diaryl/α,β-unsaturated/α-hetero) is 1. The molecule has 1 aliphatic heterocycles. The monoisotopic (exact) mass is 530 g/mol. The highest BCUT2D eigenvalue weighted by Crippen LogP contribution is 2.40. The zero-order chi connectivity index (χ0) is 27.9. The lowest BCUT2D eigenvalue weighted by Crippen LogP contribution is -2.31. The second-order valence-electron chi connectivity index (χ2n) is 10.0. The van der Waals surface area contributed by atoms with E-state index in [1.54, 1.807) is 30.0 Å². The highest BCUT2D eigenvalue weighted by molar-refractivity contribution is 7.92. The number of amides is 1. The lowest BCUT2D eigenvalue weighted by Gasteiger charge is -2.26. The molecule has 0 radical (unpaired) electrons. The van der Waals surface area contributed by atoms with E-state index in [4.69, 9.17) is 10.1 Å². The number of hydrogen-bond acceptors (Lipinski definition) is 7. The molecule has 0 saturated heterocycles. The van der Waals surface area contributed by atoms with Crippen molar-refractivity contribution in [1.29, 1.82) is 5.41 Å². The molecule has 3 N–H and O–H groups in total. The number of aromatic hydroxyl groups is 1. The summed E-state index contributed by atoms with van der Waals surface area (Å²) in [5.74, 6) is -0.378. The Kier molecular flexibility index (Phi) is 7.59. The number of ketones is 1. The molecule has 0 atom stereocenters. The van der Waals surface area contributed by atoms with Crippen molar-refractivity contribution >= 4 is 33.2 Å². The molecule has 10 nitrogen and oxygen atoms in total. The van der Waals surface area contributed by atoms with E-state index >= 15 is 0 Å². The first kappa shape index (κ1) is 28.0. The molecule has 0 fully saturated rings. The summed E-state index contributed by atoms with van der Waals surface area (Å²) in [6.45, 7) is 7.81. The topological polar surface area (TPSA) is 140 Å². The lowest BCUT2D eigenvalue weighted by molar-refractivity contribution is 0.0951. The minimum Gasteiger partial charge on any atom is -0.505 e. The molecule has 2 aromatic carbocycles. The predicted octanol–water partition coefficient (Wildman–Crippen LogP) is 2.87. The molecule has 1 heterocycles. The van der Waals surface area contributed by atoms with E-state index in [-0.39, 0.29) is 47.6 Å². The molecule has 1 amide bonds. The number of carbonyl (C=O) groups is 2. The van der Waals surface area contributed by atoms with Crippen LogP contribution in [0.25, 0.3) is 0 Å². The van der Waals surface area contributed by atoms with Gasteiger partial charge < -0.3 is 20.1 Å². The SMILES string of the molecule is CCOc1cc2c(cc1C(=O)NC)CN(CC(=O)c1cc(N(C)S(C)(=O)=O)c(O)c(C(C)(C)C)c1)C2=N. The number of nitrogens with zero attached hydrogens (tertiary/aromatic N) is 2. The summed E-state index contributed by atoms with van der Waals surface area (Å²) in [7, 11) is -0.857. The van der Waals surface area contributed by atoms with Gasteiger partial charge in [0.05, 0.1) is 30.7 Å². The molecule has 1 aliphatic rings. The molecule has 37 heavy (non-hydrogen) atoms. The fraction of sp³-hybridized carbons (Fsp3) is 0.423. The molecule has 0 spiro atoms. The van der Waals surface area contributed by atoms with Gasteiger partial charge in [-0.15, -0.1) is 0 Å². The maximum atomic E-state index is 13.4. The molecular formula is C26H34N4O6S. The maximum absolute atomic E-state index is 13.4. The standard InChI is InChI=1S/C26H34N4O6S/c1-8-36-22-12-17-16(9-18(22)25(33)28-5)13-30(24(17)27)14-21(31)15-10-19(26(2,3)4)23(32)20(11-15)29(6)37(7,34)35/h9-12,27,32H,8,13-14H2,1-7H3,(H,28,33). The number of amidine groups is 1. The summed E-state index contributed by atoms with van der Waals surface area (Å²) in [5.41, 5.74) is 1.73. The van der Waals surface area contributed by atoms with Crippen LogP contribution in [-0.2, 0) is 22.0 Å². The normalized spacial score (nSPS) is 13.4. The van der Waals surface area contributed by atoms with Gasteiger partial charge in [0.15, 0.2) is 5.78 Å². The summed E-state index contributed by atoms with van der Waals surface area (Å²) in [6.07, 6.45) is 1.02. The van der Waals surface area contributed by atoms with Crippen LogP contribution in [-0.4, -0.2) is 69.5 Å². The molecule has 0 bridgehead atoms. The van der Waals surface area contributed by atoms with Crippen molar-refractivity contribution in [1.82, 2.24) is 10.2 Å². The maximum Gasteiger partial charge on any atom is 0.254 e. The second kappa shape index (κ2) is 10.0. The average molecular weight is 531 g/mol. The van der Waals surface area contributed by atoms with Gasteiger partial charge in [0, 0.05) is 37.3 Å². The van der Waals surface area contributed by atoms with Gasteiger partial charge >= 0.3 is 0 Å². The fourth-order valence-electron chi connectivity index (χ4n) is 4.19. The molecule has 3 rings (SSSR count). The van der Waals surface area contributed by atoms with Crippen LogP contribution in [0.3, 0.4) is 0 Å². The van der Waals surface area contributed by atoms with E-state index in [2.05, 4.69) is 5.32 Å². The Bertz CT molecular complexity index is 1380. The average Bonchev–Trinajstić information content (AvgIpc) is 3.10. The molecule has 0 aromatic heterocycles. The van der Waals surface area contributed by atoms with Gasteiger partial charge in [-0.2, -0.15) is 0 Å². The predicted molar refractivity (Wildman–Crippen MR) is 143 cm³/mol.